The minimum atomic E-state index is 0.322. The molecule has 4 aromatic rings. The first-order chi connectivity index (χ1) is 16.7. The lowest BCUT2D eigenvalue weighted by molar-refractivity contribution is 0.866. The molecule has 0 saturated heterocycles. The molecule has 1 heterocycles. The lowest BCUT2D eigenvalue weighted by Crippen LogP contribution is -2.21. The van der Waals surface area contributed by atoms with E-state index in [1.165, 1.54) is 5.69 Å². The first kappa shape index (κ1) is 22.7. The van der Waals surface area contributed by atoms with E-state index in [1.54, 1.807) is 6.21 Å². The Morgan fingerprint density at radius 1 is 0.676 bits per heavy atom. The second-order valence-electron chi connectivity index (χ2n) is 7.42. The van der Waals surface area contributed by atoms with Gasteiger partial charge in [-0.3, -0.25) is 0 Å². The van der Waals surface area contributed by atoms with Crippen LogP contribution in [0.2, 0.25) is 0 Å². The molecule has 0 atom stereocenters. The lowest BCUT2D eigenvalue weighted by atomic mass is 10.2. The maximum absolute atomic E-state index is 4.49. The van der Waals surface area contributed by atoms with Crippen molar-refractivity contribution in [3.05, 3.63) is 90.5 Å². The molecule has 8 nitrogen and oxygen atoms in total. The summed E-state index contributed by atoms with van der Waals surface area (Å²) in [6, 6.07) is 27.8. The van der Waals surface area contributed by atoms with Gasteiger partial charge in [-0.2, -0.15) is 20.1 Å². The molecule has 0 spiro atoms. The minimum Gasteiger partial charge on any atom is -0.372 e. The van der Waals surface area contributed by atoms with Gasteiger partial charge in [-0.05, 0) is 55.8 Å². The van der Waals surface area contributed by atoms with E-state index in [9.17, 15) is 0 Å². The molecule has 0 aliphatic heterocycles. The van der Waals surface area contributed by atoms with Crippen molar-refractivity contribution in [3.8, 4) is 0 Å². The number of benzene rings is 3. The van der Waals surface area contributed by atoms with Crippen LogP contribution >= 0.6 is 0 Å². The molecule has 0 fully saturated rings. The topological polar surface area (TPSA) is 90.4 Å². The van der Waals surface area contributed by atoms with Gasteiger partial charge >= 0.3 is 0 Å². The van der Waals surface area contributed by atoms with Crippen molar-refractivity contribution in [1.82, 2.24) is 15.0 Å². The normalized spacial score (nSPS) is 10.8. The highest BCUT2D eigenvalue weighted by Gasteiger charge is 2.07. The van der Waals surface area contributed by atoms with Crippen molar-refractivity contribution in [2.24, 2.45) is 5.10 Å². The van der Waals surface area contributed by atoms with Gasteiger partial charge in [0.25, 0.3) is 0 Å². The minimum absolute atomic E-state index is 0.322. The van der Waals surface area contributed by atoms with E-state index in [4.69, 9.17) is 0 Å². The average Bonchev–Trinajstić information content (AvgIpc) is 2.87. The average molecular weight is 453 g/mol. The van der Waals surface area contributed by atoms with Crippen LogP contribution in [-0.2, 0) is 0 Å². The highest BCUT2D eigenvalue weighted by molar-refractivity contribution is 5.80. The molecule has 3 aromatic carbocycles. The third-order valence-corrected chi connectivity index (χ3v) is 5.10. The van der Waals surface area contributed by atoms with Crippen LogP contribution in [0, 0.1) is 0 Å². The van der Waals surface area contributed by atoms with Crippen LogP contribution in [0.15, 0.2) is 90.0 Å². The van der Waals surface area contributed by atoms with E-state index in [0.717, 1.165) is 30.0 Å². The Morgan fingerprint density at radius 2 is 1.18 bits per heavy atom. The van der Waals surface area contributed by atoms with Gasteiger partial charge in [-0.1, -0.05) is 48.5 Å². The van der Waals surface area contributed by atoms with Crippen LogP contribution < -0.4 is 21.0 Å². The van der Waals surface area contributed by atoms with Crippen molar-refractivity contribution < 1.29 is 0 Å². The van der Waals surface area contributed by atoms with Crippen molar-refractivity contribution in [1.29, 1.82) is 0 Å². The third-order valence-electron chi connectivity index (χ3n) is 5.10. The van der Waals surface area contributed by atoms with Crippen LogP contribution in [0.5, 0.6) is 0 Å². The summed E-state index contributed by atoms with van der Waals surface area (Å²) in [7, 11) is 0. The second-order valence-corrected chi connectivity index (χ2v) is 7.42. The fourth-order valence-electron chi connectivity index (χ4n) is 3.36. The van der Waals surface area contributed by atoms with Crippen LogP contribution in [0.1, 0.15) is 19.4 Å². The molecular formula is C26H28N8. The Balaban J connectivity index is 1.51. The zero-order valence-electron chi connectivity index (χ0n) is 19.3. The smallest absolute Gasteiger partial charge is 0.250 e. The predicted octanol–water partition coefficient (Wildman–Crippen LogP) is 5.65. The van der Waals surface area contributed by atoms with Gasteiger partial charge in [0.1, 0.15) is 0 Å². The quantitative estimate of drug-likeness (QED) is 0.211. The van der Waals surface area contributed by atoms with E-state index >= 15 is 0 Å². The molecule has 0 amide bonds. The number of hydrazone groups is 1. The summed E-state index contributed by atoms with van der Waals surface area (Å²) in [6.45, 7) is 6.26. The monoisotopic (exact) mass is 452 g/mol. The van der Waals surface area contributed by atoms with Gasteiger partial charge < -0.3 is 15.5 Å². The van der Waals surface area contributed by atoms with Crippen molar-refractivity contribution in [3.63, 3.8) is 0 Å². The summed E-state index contributed by atoms with van der Waals surface area (Å²) in [5, 5.41) is 10.7. The van der Waals surface area contributed by atoms with E-state index in [2.05, 4.69) is 67.0 Å². The summed E-state index contributed by atoms with van der Waals surface area (Å²) < 4.78 is 0. The Kier molecular flexibility index (Phi) is 7.63. The van der Waals surface area contributed by atoms with Crippen molar-refractivity contribution in [2.75, 3.05) is 34.0 Å². The summed E-state index contributed by atoms with van der Waals surface area (Å²) in [4.78, 5) is 15.7. The molecule has 0 radical (unpaired) electrons. The number of anilines is 6. The molecule has 4 rings (SSSR count). The molecule has 34 heavy (non-hydrogen) atoms. The van der Waals surface area contributed by atoms with Gasteiger partial charge in [-0.15, -0.1) is 0 Å². The fourth-order valence-corrected chi connectivity index (χ4v) is 3.36. The maximum atomic E-state index is 4.49. The molecular weight excluding hydrogens is 424 g/mol. The molecule has 172 valence electrons. The Bertz CT molecular complexity index is 1130. The SMILES string of the molecule is CCN(CC)c1ccc(/C=N/Nc2nc(Nc3ccccc3)nc(Nc3ccccc3)n2)cc1. The largest absolute Gasteiger partial charge is 0.372 e. The number of hydrogen-bond acceptors (Lipinski definition) is 8. The second kappa shape index (κ2) is 11.4. The molecule has 0 saturated carbocycles. The zero-order valence-corrected chi connectivity index (χ0v) is 19.3. The number of aromatic nitrogens is 3. The molecule has 8 heteroatoms. The number of rotatable bonds is 10. The molecule has 0 unspecified atom stereocenters. The first-order valence-electron chi connectivity index (χ1n) is 11.3. The fraction of sp³-hybridized carbons (Fsp3) is 0.154. The maximum Gasteiger partial charge on any atom is 0.250 e. The molecule has 3 N–H and O–H groups in total. The standard InChI is InChI=1S/C26H28N8/c1-3-34(4-2)23-17-15-20(16-18-23)19-27-33-26-31-24(28-21-11-7-5-8-12-21)30-25(32-26)29-22-13-9-6-10-14-22/h5-19H,3-4H2,1-2H3,(H3,28,29,30,31,32,33)/b27-19+. The summed E-state index contributed by atoms with van der Waals surface area (Å²) >= 11 is 0. The van der Waals surface area contributed by atoms with Gasteiger partial charge in [0.2, 0.25) is 17.8 Å². The Hall–Kier alpha value is -4.46. The van der Waals surface area contributed by atoms with Crippen LogP contribution in [0.4, 0.5) is 34.9 Å². The highest BCUT2D eigenvalue weighted by atomic mass is 15.4. The van der Waals surface area contributed by atoms with E-state index in [0.29, 0.717) is 17.8 Å². The Labute approximate surface area is 199 Å². The predicted molar refractivity (Wildman–Crippen MR) is 140 cm³/mol. The summed E-state index contributed by atoms with van der Waals surface area (Å²) in [5.74, 6) is 1.13. The van der Waals surface area contributed by atoms with Crippen LogP contribution in [0.3, 0.4) is 0 Å². The molecule has 1 aromatic heterocycles. The number of nitrogens with zero attached hydrogens (tertiary/aromatic N) is 5. The van der Waals surface area contributed by atoms with Gasteiger partial charge in [0, 0.05) is 30.2 Å². The lowest BCUT2D eigenvalue weighted by Gasteiger charge is -2.20. The molecule has 0 aliphatic rings. The van der Waals surface area contributed by atoms with Gasteiger partial charge in [-0.25, -0.2) is 5.43 Å². The van der Waals surface area contributed by atoms with E-state index in [1.807, 2.05) is 72.8 Å². The molecule has 0 bridgehead atoms. The van der Waals surface area contributed by atoms with E-state index in [-0.39, 0.29) is 0 Å². The van der Waals surface area contributed by atoms with E-state index < -0.39 is 0 Å². The van der Waals surface area contributed by atoms with Gasteiger partial charge in [0.15, 0.2) is 0 Å². The first-order valence-corrected chi connectivity index (χ1v) is 11.3. The summed E-state index contributed by atoms with van der Waals surface area (Å²) in [5.41, 5.74) is 6.85. The van der Waals surface area contributed by atoms with Crippen LogP contribution in [0.25, 0.3) is 0 Å². The summed E-state index contributed by atoms with van der Waals surface area (Å²) in [6.07, 6.45) is 1.74. The molecule has 0 aliphatic carbocycles. The van der Waals surface area contributed by atoms with Crippen molar-refractivity contribution in [2.45, 2.75) is 13.8 Å². The Morgan fingerprint density at radius 3 is 1.68 bits per heavy atom. The highest BCUT2D eigenvalue weighted by Crippen LogP contribution is 2.19. The third kappa shape index (κ3) is 6.29. The van der Waals surface area contributed by atoms with Gasteiger partial charge in [0.05, 0.1) is 6.21 Å². The number of para-hydroxylation sites is 2. The van der Waals surface area contributed by atoms with Crippen LogP contribution in [-0.4, -0.2) is 34.3 Å². The number of hydrogen-bond donors (Lipinski definition) is 3. The zero-order chi connectivity index (χ0) is 23.6. The number of nitrogens with one attached hydrogen (secondary N) is 3. The van der Waals surface area contributed by atoms with Crippen molar-refractivity contribution >= 4 is 41.1 Å².